The second kappa shape index (κ2) is 7.81. The van der Waals surface area contributed by atoms with Crippen molar-refractivity contribution < 1.29 is 27.2 Å². The summed E-state index contributed by atoms with van der Waals surface area (Å²) < 4.78 is 49.5. The van der Waals surface area contributed by atoms with E-state index in [-0.39, 0.29) is 35.5 Å². The molecule has 0 unspecified atom stereocenters. The molecule has 156 valence electrons. The van der Waals surface area contributed by atoms with E-state index < -0.39 is 11.7 Å². The molecular formula is C21H18F3N3O3. The lowest BCUT2D eigenvalue weighted by molar-refractivity contribution is -0.137. The Balaban J connectivity index is 1.51. The Morgan fingerprint density at radius 2 is 1.97 bits per heavy atom. The Hall–Kier alpha value is -3.36. The third-order valence-corrected chi connectivity index (χ3v) is 4.82. The number of hydrogen-bond donors (Lipinski definition) is 0. The molecule has 0 aliphatic carbocycles. The zero-order valence-corrected chi connectivity index (χ0v) is 16.0. The van der Waals surface area contributed by atoms with Crippen molar-refractivity contribution >= 4 is 11.6 Å². The lowest BCUT2D eigenvalue weighted by atomic mass is 10.1. The normalized spacial score (nSPS) is 16.9. The fourth-order valence-corrected chi connectivity index (χ4v) is 3.36. The van der Waals surface area contributed by atoms with Crippen LogP contribution in [-0.4, -0.2) is 29.2 Å². The van der Waals surface area contributed by atoms with E-state index >= 15 is 0 Å². The van der Waals surface area contributed by atoms with E-state index in [0.29, 0.717) is 18.9 Å². The summed E-state index contributed by atoms with van der Waals surface area (Å²) in [4.78, 5) is 18.3. The Bertz CT molecular complexity index is 1050. The van der Waals surface area contributed by atoms with Gasteiger partial charge in [0.15, 0.2) is 0 Å². The molecule has 0 radical (unpaired) electrons. The Labute approximate surface area is 170 Å². The van der Waals surface area contributed by atoms with Crippen molar-refractivity contribution in [1.82, 2.24) is 10.1 Å². The average molecular weight is 417 g/mol. The first kappa shape index (κ1) is 19.9. The second-order valence-corrected chi connectivity index (χ2v) is 6.87. The molecule has 1 aliphatic rings. The number of aromatic nitrogens is 2. The van der Waals surface area contributed by atoms with Crippen LogP contribution in [-0.2, 0) is 11.0 Å². The first-order chi connectivity index (χ1) is 14.3. The number of amides is 1. The Kier molecular flexibility index (Phi) is 5.19. The van der Waals surface area contributed by atoms with E-state index in [0.717, 1.165) is 17.8 Å². The fourth-order valence-electron chi connectivity index (χ4n) is 3.36. The number of ether oxygens (including phenoxy) is 1. The molecule has 1 atom stereocenters. The number of hydrogen-bond acceptors (Lipinski definition) is 5. The van der Waals surface area contributed by atoms with E-state index in [1.165, 1.54) is 12.1 Å². The van der Waals surface area contributed by atoms with Gasteiger partial charge in [-0.2, -0.15) is 18.2 Å². The first-order valence-electron chi connectivity index (χ1n) is 9.39. The Morgan fingerprint density at radius 1 is 1.20 bits per heavy atom. The van der Waals surface area contributed by atoms with Crippen LogP contribution in [0.5, 0.6) is 5.75 Å². The van der Waals surface area contributed by atoms with Gasteiger partial charge in [-0.3, -0.25) is 4.79 Å². The van der Waals surface area contributed by atoms with Crippen molar-refractivity contribution in [2.75, 3.05) is 18.1 Å². The van der Waals surface area contributed by atoms with Crippen molar-refractivity contribution in [3.63, 3.8) is 0 Å². The molecule has 1 aromatic heterocycles. The molecule has 0 N–H and O–H groups in total. The number of carbonyl (C=O) groups is 1. The molecule has 1 fully saturated rings. The third-order valence-electron chi connectivity index (χ3n) is 4.82. The zero-order chi connectivity index (χ0) is 21.3. The summed E-state index contributed by atoms with van der Waals surface area (Å²) >= 11 is 0. The van der Waals surface area contributed by atoms with Crippen LogP contribution in [0.4, 0.5) is 18.9 Å². The van der Waals surface area contributed by atoms with Gasteiger partial charge in [0.05, 0.1) is 18.1 Å². The Morgan fingerprint density at radius 3 is 2.67 bits per heavy atom. The van der Waals surface area contributed by atoms with Crippen LogP contribution in [0.15, 0.2) is 53.1 Å². The topological polar surface area (TPSA) is 68.5 Å². The van der Waals surface area contributed by atoms with Crippen LogP contribution in [0.3, 0.4) is 0 Å². The number of anilines is 1. The molecule has 0 saturated carbocycles. The smallest absolute Gasteiger partial charge is 0.416 e. The largest absolute Gasteiger partial charge is 0.494 e. The van der Waals surface area contributed by atoms with Crippen molar-refractivity contribution in [2.24, 2.45) is 0 Å². The average Bonchev–Trinajstić information content (AvgIpc) is 3.35. The highest BCUT2D eigenvalue weighted by Crippen LogP contribution is 2.34. The molecule has 30 heavy (non-hydrogen) atoms. The van der Waals surface area contributed by atoms with Crippen molar-refractivity contribution in [2.45, 2.75) is 25.4 Å². The van der Waals surface area contributed by atoms with Crippen molar-refractivity contribution in [3.05, 3.63) is 60.0 Å². The summed E-state index contributed by atoms with van der Waals surface area (Å²) in [5.41, 5.74) is 0.139. The number of alkyl halides is 3. The lowest BCUT2D eigenvalue weighted by Crippen LogP contribution is -2.24. The summed E-state index contributed by atoms with van der Waals surface area (Å²) in [6.45, 7) is 2.78. The fraction of sp³-hybridized carbons (Fsp3) is 0.286. The van der Waals surface area contributed by atoms with Crippen LogP contribution < -0.4 is 9.64 Å². The molecule has 1 amide bonds. The quantitative estimate of drug-likeness (QED) is 0.603. The maximum absolute atomic E-state index is 12.9. The first-order valence-corrected chi connectivity index (χ1v) is 9.39. The number of carbonyl (C=O) groups excluding carboxylic acids is 1. The monoisotopic (exact) mass is 417 g/mol. The summed E-state index contributed by atoms with van der Waals surface area (Å²) in [5, 5.41) is 3.81. The zero-order valence-electron chi connectivity index (χ0n) is 16.0. The highest BCUT2D eigenvalue weighted by atomic mass is 19.4. The minimum atomic E-state index is -4.46. The molecule has 1 saturated heterocycles. The summed E-state index contributed by atoms with van der Waals surface area (Å²) in [6.07, 6.45) is -4.28. The maximum Gasteiger partial charge on any atom is 0.416 e. The molecule has 9 heteroatoms. The summed E-state index contributed by atoms with van der Waals surface area (Å²) in [5.74, 6) is 0.568. The molecule has 0 bridgehead atoms. The maximum atomic E-state index is 12.9. The number of benzene rings is 2. The molecule has 2 aromatic carbocycles. The van der Waals surface area contributed by atoms with Gasteiger partial charge < -0.3 is 14.2 Å². The van der Waals surface area contributed by atoms with Gasteiger partial charge in [-0.05, 0) is 43.3 Å². The van der Waals surface area contributed by atoms with Crippen LogP contribution in [0.25, 0.3) is 11.4 Å². The number of rotatable bonds is 5. The molecule has 6 nitrogen and oxygen atoms in total. The number of nitrogens with zero attached hydrogens (tertiary/aromatic N) is 3. The summed E-state index contributed by atoms with van der Waals surface area (Å²) in [7, 11) is 0. The van der Waals surface area contributed by atoms with Gasteiger partial charge in [0, 0.05) is 24.2 Å². The highest BCUT2D eigenvalue weighted by molar-refractivity contribution is 5.96. The highest BCUT2D eigenvalue weighted by Gasteiger charge is 2.35. The van der Waals surface area contributed by atoms with Gasteiger partial charge in [0.25, 0.3) is 0 Å². The minimum Gasteiger partial charge on any atom is -0.494 e. The van der Waals surface area contributed by atoms with Crippen LogP contribution in [0.2, 0.25) is 0 Å². The van der Waals surface area contributed by atoms with Gasteiger partial charge in [-0.25, -0.2) is 0 Å². The third kappa shape index (κ3) is 4.00. The summed E-state index contributed by atoms with van der Waals surface area (Å²) in [6, 6.07) is 11.9. The predicted molar refractivity (Wildman–Crippen MR) is 102 cm³/mol. The molecular weight excluding hydrogens is 399 g/mol. The minimum absolute atomic E-state index is 0.0584. The van der Waals surface area contributed by atoms with Gasteiger partial charge >= 0.3 is 6.18 Å². The van der Waals surface area contributed by atoms with Gasteiger partial charge in [0.2, 0.25) is 17.6 Å². The van der Waals surface area contributed by atoms with E-state index in [1.54, 1.807) is 29.2 Å². The standard InChI is InChI=1S/C21H18F3N3O3/c1-2-29-17-8-6-16(7-9-17)27-12-14(11-18(27)28)20-25-19(26-30-20)13-4-3-5-15(10-13)21(22,23)24/h3-10,14H,2,11-12H2,1H3/t14-/m0/s1. The predicted octanol–water partition coefficient (Wildman–Crippen LogP) is 4.67. The van der Waals surface area contributed by atoms with Gasteiger partial charge in [-0.1, -0.05) is 17.3 Å². The molecule has 2 heterocycles. The number of halogens is 3. The van der Waals surface area contributed by atoms with Crippen LogP contribution in [0, 0.1) is 0 Å². The van der Waals surface area contributed by atoms with Crippen molar-refractivity contribution in [1.29, 1.82) is 0 Å². The van der Waals surface area contributed by atoms with Crippen molar-refractivity contribution in [3.8, 4) is 17.1 Å². The molecule has 1 aliphatic heterocycles. The van der Waals surface area contributed by atoms with E-state index in [4.69, 9.17) is 9.26 Å². The van der Waals surface area contributed by atoms with Crippen LogP contribution >= 0.6 is 0 Å². The van der Waals surface area contributed by atoms with Crippen LogP contribution in [0.1, 0.15) is 30.7 Å². The van der Waals surface area contributed by atoms with Gasteiger partial charge in [-0.15, -0.1) is 0 Å². The molecule has 3 aromatic rings. The van der Waals surface area contributed by atoms with E-state index in [9.17, 15) is 18.0 Å². The molecule has 4 rings (SSSR count). The van der Waals surface area contributed by atoms with E-state index in [1.807, 2.05) is 6.92 Å². The SMILES string of the molecule is CCOc1ccc(N2C[C@@H](c3nc(-c4cccc(C(F)(F)F)c4)no3)CC2=O)cc1. The molecule has 0 spiro atoms. The second-order valence-electron chi connectivity index (χ2n) is 6.87. The van der Waals surface area contributed by atoms with Gasteiger partial charge in [0.1, 0.15) is 5.75 Å². The van der Waals surface area contributed by atoms with E-state index in [2.05, 4.69) is 10.1 Å². The lowest BCUT2D eigenvalue weighted by Gasteiger charge is -2.16.